The van der Waals surface area contributed by atoms with Gasteiger partial charge in [0.2, 0.25) is 4.96 Å². The number of ether oxygens (including phenoxy) is 3. The molecule has 7 nitrogen and oxygen atoms in total. The molecule has 0 aliphatic carbocycles. The van der Waals surface area contributed by atoms with Crippen LogP contribution in [0.2, 0.25) is 0 Å². The molecule has 0 fully saturated rings. The molecule has 8 heteroatoms. The lowest BCUT2D eigenvalue weighted by atomic mass is 10.2. The van der Waals surface area contributed by atoms with Gasteiger partial charge in [0.25, 0.3) is 5.56 Å². The van der Waals surface area contributed by atoms with Crippen LogP contribution in [0.15, 0.2) is 47.3 Å². The molecule has 2 aromatic carbocycles. The van der Waals surface area contributed by atoms with Gasteiger partial charge in [-0.15, -0.1) is 5.10 Å². The van der Waals surface area contributed by atoms with Crippen molar-refractivity contribution < 1.29 is 14.2 Å². The van der Waals surface area contributed by atoms with Crippen molar-refractivity contribution in [2.75, 3.05) is 21.3 Å². The molecule has 142 valence electrons. The summed E-state index contributed by atoms with van der Waals surface area (Å²) in [4.78, 5) is 17.8. The Morgan fingerprint density at radius 2 is 1.68 bits per heavy atom. The van der Waals surface area contributed by atoms with Gasteiger partial charge in [-0.1, -0.05) is 11.3 Å². The number of nitrogens with zero attached hydrogens (tertiary/aromatic N) is 3. The minimum Gasteiger partial charge on any atom is -0.497 e. The van der Waals surface area contributed by atoms with Crippen LogP contribution in [0, 0.1) is 0 Å². The third-order valence-electron chi connectivity index (χ3n) is 4.26. The van der Waals surface area contributed by atoms with Crippen molar-refractivity contribution in [3.05, 3.63) is 62.9 Å². The molecule has 0 amide bonds. The first-order valence-corrected chi connectivity index (χ1v) is 9.22. The largest absolute Gasteiger partial charge is 0.497 e. The summed E-state index contributed by atoms with van der Waals surface area (Å²) in [5, 5.41) is 4.36. The van der Waals surface area contributed by atoms with E-state index in [9.17, 15) is 4.79 Å². The number of hydrogen-bond acceptors (Lipinski definition) is 7. The van der Waals surface area contributed by atoms with Crippen molar-refractivity contribution in [1.29, 1.82) is 0 Å². The van der Waals surface area contributed by atoms with Gasteiger partial charge in [0.1, 0.15) is 17.2 Å². The zero-order valence-electron chi connectivity index (χ0n) is 15.5. The van der Waals surface area contributed by atoms with Crippen LogP contribution in [0.3, 0.4) is 0 Å². The quantitative estimate of drug-likeness (QED) is 0.517. The van der Waals surface area contributed by atoms with E-state index in [1.165, 1.54) is 15.9 Å². The number of methoxy groups -OCH3 is 3. The van der Waals surface area contributed by atoms with E-state index in [1.54, 1.807) is 33.5 Å². The van der Waals surface area contributed by atoms with E-state index >= 15 is 0 Å². The van der Waals surface area contributed by atoms with Gasteiger partial charge in [0.05, 0.1) is 25.9 Å². The second-order valence-corrected chi connectivity index (χ2v) is 6.89. The predicted octanol–water partition coefficient (Wildman–Crippen LogP) is 2.39. The average Bonchev–Trinajstić information content (AvgIpc) is 3.28. The monoisotopic (exact) mass is 395 g/mol. The molecule has 4 rings (SSSR count). The Bertz CT molecular complexity index is 1250. The summed E-state index contributed by atoms with van der Waals surface area (Å²) >= 11 is 1.28. The van der Waals surface area contributed by atoms with Gasteiger partial charge in [0.15, 0.2) is 5.82 Å². The van der Waals surface area contributed by atoms with Crippen molar-refractivity contribution in [2.24, 2.45) is 0 Å². The van der Waals surface area contributed by atoms with Crippen molar-refractivity contribution in [1.82, 2.24) is 14.6 Å². The molecule has 0 N–H and O–H groups in total. The molecular weight excluding hydrogens is 378 g/mol. The molecule has 4 aromatic rings. The van der Waals surface area contributed by atoms with Crippen LogP contribution >= 0.6 is 11.3 Å². The number of thiazole rings is 1. The molecule has 0 saturated heterocycles. The van der Waals surface area contributed by atoms with Crippen molar-refractivity contribution in [2.45, 2.75) is 0 Å². The van der Waals surface area contributed by atoms with E-state index < -0.39 is 0 Å². The van der Waals surface area contributed by atoms with Gasteiger partial charge in [-0.25, -0.2) is 0 Å². The Balaban J connectivity index is 1.76. The van der Waals surface area contributed by atoms with Gasteiger partial charge in [0, 0.05) is 17.2 Å². The van der Waals surface area contributed by atoms with Gasteiger partial charge < -0.3 is 14.2 Å². The Labute approximate surface area is 164 Å². The van der Waals surface area contributed by atoms with Crippen LogP contribution in [-0.4, -0.2) is 35.9 Å². The highest BCUT2D eigenvalue weighted by molar-refractivity contribution is 7.15. The second-order valence-electron chi connectivity index (χ2n) is 5.88. The minimum atomic E-state index is -0.217. The fourth-order valence-corrected chi connectivity index (χ4v) is 3.67. The van der Waals surface area contributed by atoms with Crippen molar-refractivity contribution in [3.8, 4) is 28.6 Å². The molecule has 0 aliphatic rings. The lowest BCUT2D eigenvalue weighted by molar-refractivity contribution is 0.393. The number of aromatic nitrogens is 3. The van der Waals surface area contributed by atoms with Crippen LogP contribution in [0.4, 0.5) is 0 Å². The summed E-state index contributed by atoms with van der Waals surface area (Å²) in [6, 6.07) is 12.8. The molecule has 2 aromatic heterocycles. The summed E-state index contributed by atoms with van der Waals surface area (Å²) in [5.74, 6) is 2.55. The smallest absolute Gasteiger partial charge is 0.291 e. The first-order valence-electron chi connectivity index (χ1n) is 8.40. The maximum absolute atomic E-state index is 12.8. The lowest BCUT2D eigenvalue weighted by Gasteiger charge is -2.06. The molecule has 28 heavy (non-hydrogen) atoms. The SMILES string of the molecule is COc1ccc(-c2nc3sc(=Cc4ccc(OC)cc4OC)c(=O)n3n2)cc1. The molecule has 0 radical (unpaired) electrons. The Kier molecular flexibility index (Phi) is 4.70. The van der Waals surface area contributed by atoms with Gasteiger partial charge in [-0.05, 0) is 42.5 Å². The first-order chi connectivity index (χ1) is 13.6. The van der Waals surface area contributed by atoms with E-state index in [2.05, 4.69) is 10.1 Å². The molecule has 0 atom stereocenters. The highest BCUT2D eigenvalue weighted by Crippen LogP contribution is 2.25. The van der Waals surface area contributed by atoms with Crippen molar-refractivity contribution in [3.63, 3.8) is 0 Å². The molecular formula is C20H17N3O4S. The number of fused-ring (bicyclic) bond motifs is 1. The fraction of sp³-hybridized carbons (Fsp3) is 0.150. The zero-order valence-corrected chi connectivity index (χ0v) is 16.3. The van der Waals surface area contributed by atoms with Crippen LogP contribution in [0.5, 0.6) is 17.2 Å². The summed E-state index contributed by atoms with van der Waals surface area (Å²) in [6.07, 6.45) is 1.77. The Hall–Kier alpha value is -3.39. The highest BCUT2D eigenvalue weighted by Gasteiger charge is 2.13. The van der Waals surface area contributed by atoms with Gasteiger partial charge in [-0.3, -0.25) is 4.79 Å². The first kappa shape index (κ1) is 18.0. The van der Waals surface area contributed by atoms with E-state index in [0.29, 0.717) is 26.8 Å². The standard InChI is InChI=1S/C20H17N3O4S/c1-25-14-7-4-12(5-8-14)18-21-20-23(22-18)19(24)17(28-20)10-13-6-9-15(26-2)11-16(13)27-3/h4-11H,1-3H3. The molecule has 0 aliphatic heterocycles. The van der Waals surface area contributed by atoms with Gasteiger partial charge in [-0.2, -0.15) is 9.50 Å². The van der Waals surface area contributed by atoms with E-state index in [0.717, 1.165) is 16.9 Å². The van der Waals surface area contributed by atoms with E-state index in [-0.39, 0.29) is 5.56 Å². The number of hydrogen-bond donors (Lipinski definition) is 0. The Morgan fingerprint density at radius 1 is 0.964 bits per heavy atom. The number of rotatable bonds is 5. The topological polar surface area (TPSA) is 75.0 Å². The summed E-state index contributed by atoms with van der Waals surface area (Å²) < 4.78 is 17.6. The van der Waals surface area contributed by atoms with Gasteiger partial charge >= 0.3 is 0 Å². The average molecular weight is 395 g/mol. The molecule has 0 spiro atoms. The molecule has 0 bridgehead atoms. The molecule has 2 heterocycles. The minimum absolute atomic E-state index is 0.217. The van der Waals surface area contributed by atoms with E-state index in [4.69, 9.17) is 14.2 Å². The lowest BCUT2D eigenvalue weighted by Crippen LogP contribution is -2.23. The zero-order chi connectivity index (χ0) is 19.7. The summed E-state index contributed by atoms with van der Waals surface area (Å²) in [7, 11) is 4.78. The van der Waals surface area contributed by atoms with Crippen molar-refractivity contribution >= 4 is 22.4 Å². The Morgan fingerprint density at radius 3 is 2.32 bits per heavy atom. The molecule has 0 saturated carbocycles. The second kappa shape index (κ2) is 7.32. The normalized spacial score (nSPS) is 11.8. The number of benzene rings is 2. The van der Waals surface area contributed by atoms with Crippen LogP contribution in [0.25, 0.3) is 22.4 Å². The maximum atomic E-state index is 12.8. The maximum Gasteiger partial charge on any atom is 0.291 e. The third-order valence-corrected chi connectivity index (χ3v) is 5.22. The third kappa shape index (κ3) is 3.18. The summed E-state index contributed by atoms with van der Waals surface area (Å²) in [5.41, 5.74) is 1.38. The van der Waals surface area contributed by atoms with Crippen LogP contribution in [-0.2, 0) is 0 Å². The highest BCUT2D eigenvalue weighted by atomic mass is 32.1. The fourth-order valence-electron chi connectivity index (χ4n) is 2.78. The van der Waals surface area contributed by atoms with E-state index in [1.807, 2.05) is 36.4 Å². The predicted molar refractivity (Wildman–Crippen MR) is 107 cm³/mol. The van der Waals surface area contributed by atoms with Crippen LogP contribution in [0.1, 0.15) is 5.56 Å². The summed E-state index contributed by atoms with van der Waals surface area (Å²) in [6.45, 7) is 0. The molecule has 0 unspecified atom stereocenters. The van der Waals surface area contributed by atoms with Crippen LogP contribution < -0.4 is 24.3 Å².